The van der Waals surface area contributed by atoms with Crippen molar-refractivity contribution in [1.29, 1.82) is 0 Å². The maximum atomic E-state index is 12.9. The van der Waals surface area contributed by atoms with Crippen molar-refractivity contribution in [3.63, 3.8) is 0 Å². The van der Waals surface area contributed by atoms with Crippen molar-refractivity contribution in [2.24, 2.45) is 0 Å². The summed E-state index contributed by atoms with van der Waals surface area (Å²) in [6.45, 7) is 0.148. The molecule has 0 aromatic carbocycles. The number of nitrogen functional groups attached to an aromatic ring is 1. The zero-order chi connectivity index (χ0) is 19.3. The fourth-order valence-corrected chi connectivity index (χ4v) is 7.71. The highest BCUT2D eigenvalue weighted by Crippen LogP contribution is 2.58. The van der Waals surface area contributed by atoms with Crippen LogP contribution >= 0.6 is 41.6 Å². The maximum absolute atomic E-state index is 12.9. The van der Waals surface area contributed by atoms with Crippen LogP contribution in [0.2, 0.25) is 0 Å². The van der Waals surface area contributed by atoms with Crippen molar-refractivity contribution >= 4 is 58.7 Å². The van der Waals surface area contributed by atoms with Crippen molar-refractivity contribution < 1.29 is 22.9 Å². The van der Waals surface area contributed by atoms with Crippen LogP contribution < -0.4 is 5.73 Å². The molecule has 0 unspecified atom stereocenters. The molecule has 0 spiro atoms. The lowest BCUT2D eigenvalue weighted by Crippen LogP contribution is -2.34. The standard InChI is InChI=1S/C14H18N5O5PS3/c15-14-17-12-11(13(26)18-14)16-6-19(12)10-3-8-9(22-10)4-21-25(20,24-8)23-7-1-2-27-28-5-7/h6-10H,1-5H2,(H3,15,17,18,26)/t7-,8+,9-,10-,25+/m1/s1. The molecule has 0 bridgehead atoms. The fraction of sp³-hybridized carbons (Fsp3) is 0.643. The number of ether oxygens (including phenoxy) is 1. The van der Waals surface area contributed by atoms with Gasteiger partial charge in [0, 0.05) is 17.9 Å². The van der Waals surface area contributed by atoms with Gasteiger partial charge in [-0.3, -0.25) is 18.1 Å². The first kappa shape index (κ1) is 19.3. The van der Waals surface area contributed by atoms with Gasteiger partial charge in [-0.05, 0) is 6.42 Å². The molecule has 5 rings (SSSR count). The fourth-order valence-electron chi connectivity index (χ4n) is 3.41. The first-order chi connectivity index (χ1) is 13.5. The molecule has 3 saturated heterocycles. The van der Waals surface area contributed by atoms with Gasteiger partial charge in [-0.2, -0.15) is 4.98 Å². The number of nitrogens with zero attached hydrogens (tertiary/aromatic N) is 3. The molecule has 0 amide bonds. The summed E-state index contributed by atoms with van der Waals surface area (Å²) in [6, 6.07) is 0. The van der Waals surface area contributed by atoms with Crippen molar-refractivity contribution in [3.05, 3.63) is 11.0 Å². The van der Waals surface area contributed by atoms with Gasteiger partial charge < -0.3 is 15.5 Å². The summed E-state index contributed by atoms with van der Waals surface area (Å²) < 4.78 is 38.1. The van der Waals surface area contributed by atoms with Gasteiger partial charge in [-0.15, -0.1) is 0 Å². The molecule has 3 fully saturated rings. The Morgan fingerprint density at radius 3 is 3.14 bits per heavy atom. The number of phosphoric ester groups is 1. The number of hydrogen-bond donors (Lipinski definition) is 2. The van der Waals surface area contributed by atoms with Crippen molar-refractivity contribution in [2.75, 3.05) is 23.8 Å². The average Bonchev–Trinajstić information content (AvgIpc) is 3.25. The number of nitrogens with one attached hydrogen (secondary N) is 1. The Morgan fingerprint density at radius 2 is 2.32 bits per heavy atom. The molecule has 3 aliphatic heterocycles. The minimum atomic E-state index is -3.60. The van der Waals surface area contributed by atoms with E-state index >= 15 is 0 Å². The minimum Gasteiger partial charge on any atom is -0.369 e. The number of H-pyrrole nitrogens is 1. The topological polar surface area (TPSA) is 127 Å². The van der Waals surface area contributed by atoms with Gasteiger partial charge in [-0.1, -0.05) is 33.8 Å². The lowest BCUT2D eigenvalue weighted by molar-refractivity contribution is -0.0739. The zero-order valence-electron chi connectivity index (χ0n) is 14.6. The molecular weight excluding hydrogens is 445 g/mol. The Labute approximate surface area is 173 Å². The van der Waals surface area contributed by atoms with Crippen LogP contribution in [-0.4, -0.2) is 55.9 Å². The van der Waals surface area contributed by atoms with Crippen molar-refractivity contribution in [1.82, 2.24) is 19.5 Å². The van der Waals surface area contributed by atoms with Crippen LogP contribution in [0.3, 0.4) is 0 Å². The Hall–Kier alpha value is -0.660. The summed E-state index contributed by atoms with van der Waals surface area (Å²) in [7, 11) is -0.107. The van der Waals surface area contributed by atoms with Crippen molar-refractivity contribution in [2.45, 2.75) is 37.4 Å². The number of anilines is 1. The SMILES string of the molecule is Nc1nc2c(ncn2[C@H]2C[C@@H]3O[P@](=O)(O[C@@H]4CCSSC4)OC[C@H]3O2)c(=S)[nH]1. The molecule has 14 heteroatoms. The molecule has 28 heavy (non-hydrogen) atoms. The van der Waals surface area contributed by atoms with E-state index in [1.54, 1.807) is 32.5 Å². The summed E-state index contributed by atoms with van der Waals surface area (Å²) in [5.74, 6) is 1.93. The summed E-state index contributed by atoms with van der Waals surface area (Å²) in [5.41, 5.74) is 6.85. The molecule has 10 nitrogen and oxygen atoms in total. The van der Waals surface area contributed by atoms with E-state index in [0.717, 1.165) is 17.9 Å². The summed E-state index contributed by atoms with van der Waals surface area (Å²) >= 11 is 5.25. The van der Waals surface area contributed by atoms with Crippen LogP contribution in [0.1, 0.15) is 19.1 Å². The van der Waals surface area contributed by atoms with Crippen LogP contribution in [0, 0.1) is 4.64 Å². The molecule has 3 N–H and O–H groups in total. The highest BCUT2D eigenvalue weighted by molar-refractivity contribution is 8.76. The Morgan fingerprint density at radius 1 is 1.43 bits per heavy atom. The number of nitrogens with two attached hydrogens (primary N) is 1. The molecule has 0 aliphatic carbocycles. The number of imidazole rings is 1. The van der Waals surface area contributed by atoms with Gasteiger partial charge >= 0.3 is 7.82 Å². The number of fused-ring (bicyclic) bond motifs is 2. The first-order valence-electron chi connectivity index (χ1n) is 8.74. The molecule has 2 aromatic heterocycles. The summed E-state index contributed by atoms with van der Waals surface area (Å²) in [5, 5.41) is 0. The summed E-state index contributed by atoms with van der Waals surface area (Å²) in [4.78, 5) is 11.4. The van der Waals surface area contributed by atoms with E-state index in [-0.39, 0.29) is 24.8 Å². The molecule has 0 radical (unpaired) electrons. The second kappa shape index (κ2) is 7.55. The predicted octanol–water partition coefficient (Wildman–Crippen LogP) is 3.05. The van der Waals surface area contributed by atoms with Crippen LogP contribution in [0.4, 0.5) is 5.95 Å². The summed E-state index contributed by atoms with van der Waals surface area (Å²) in [6.07, 6.45) is 1.63. The van der Waals surface area contributed by atoms with Gasteiger partial charge in [0.05, 0.1) is 19.0 Å². The van der Waals surface area contributed by atoms with E-state index in [1.807, 2.05) is 0 Å². The highest BCUT2D eigenvalue weighted by Gasteiger charge is 2.49. The number of rotatable bonds is 3. The smallest absolute Gasteiger partial charge is 0.369 e. The molecule has 152 valence electrons. The van der Waals surface area contributed by atoms with Gasteiger partial charge in [0.1, 0.15) is 28.6 Å². The maximum Gasteiger partial charge on any atom is 0.475 e. The quantitative estimate of drug-likeness (QED) is 0.396. The minimum absolute atomic E-state index is 0.127. The number of hydrogen-bond acceptors (Lipinski definition) is 11. The zero-order valence-corrected chi connectivity index (χ0v) is 17.9. The lowest BCUT2D eigenvalue weighted by atomic mass is 10.2. The van der Waals surface area contributed by atoms with Gasteiger partial charge in [0.2, 0.25) is 5.95 Å². The third-order valence-corrected chi connectivity index (χ3v) is 9.07. The first-order valence-corrected chi connectivity index (χ1v) is 13.1. The lowest BCUT2D eigenvalue weighted by Gasteiger charge is -2.32. The molecule has 3 aliphatic rings. The van der Waals surface area contributed by atoms with Crippen molar-refractivity contribution in [3.8, 4) is 0 Å². The van der Waals surface area contributed by atoms with E-state index in [0.29, 0.717) is 22.2 Å². The average molecular weight is 464 g/mol. The second-order valence-electron chi connectivity index (χ2n) is 6.65. The van der Waals surface area contributed by atoms with E-state index < -0.39 is 20.2 Å². The van der Waals surface area contributed by atoms with E-state index in [2.05, 4.69) is 15.0 Å². The monoisotopic (exact) mass is 463 g/mol. The van der Waals surface area contributed by atoms with Gasteiger partial charge in [-0.25, -0.2) is 9.55 Å². The Balaban J connectivity index is 1.33. The number of phosphoric acid groups is 1. The van der Waals surface area contributed by atoms with Crippen LogP contribution in [0.5, 0.6) is 0 Å². The third kappa shape index (κ3) is 3.63. The molecule has 5 atom stereocenters. The van der Waals surface area contributed by atoms with Gasteiger partial charge in [0.25, 0.3) is 0 Å². The molecule has 5 heterocycles. The molecule has 0 saturated carbocycles. The van der Waals surface area contributed by atoms with Crippen LogP contribution in [-0.2, 0) is 22.9 Å². The van der Waals surface area contributed by atoms with E-state index in [4.69, 9.17) is 36.3 Å². The molecule has 2 aromatic rings. The van der Waals surface area contributed by atoms with E-state index in [1.165, 1.54) is 0 Å². The number of aromatic amines is 1. The Bertz CT molecular complexity index is 995. The largest absolute Gasteiger partial charge is 0.475 e. The highest BCUT2D eigenvalue weighted by atomic mass is 33.1. The Kier molecular flexibility index (Phi) is 5.21. The second-order valence-corrected chi connectivity index (χ2v) is 11.3. The van der Waals surface area contributed by atoms with Gasteiger partial charge in [0.15, 0.2) is 5.65 Å². The third-order valence-electron chi connectivity index (χ3n) is 4.74. The normalized spacial score (nSPS) is 35.9. The molecular formula is C14H18N5O5PS3. The van der Waals surface area contributed by atoms with E-state index in [9.17, 15) is 4.57 Å². The predicted molar refractivity (Wildman–Crippen MR) is 108 cm³/mol. The van der Waals surface area contributed by atoms with Crippen LogP contribution in [0.15, 0.2) is 6.33 Å². The van der Waals surface area contributed by atoms with Crippen LogP contribution in [0.25, 0.3) is 11.2 Å². The number of aromatic nitrogens is 4.